The van der Waals surface area contributed by atoms with Crippen molar-refractivity contribution in [1.29, 1.82) is 0 Å². The zero-order valence-electron chi connectivity index (χ0n) is 11.3. The summed E-state index contributed by atoms with van der Waals surface area (Å²) >= 11 is 0.652. The zero-order valence-corrected chi connectivity index (χ0v) is 12.1. The molecule has 0 fully saturated rings. The lowest BCUT2D eigenvalue weighted by molar-refractivity contribution is -0.144. The minimum atomic E-state index is -4.57. The summed E-state index contributed by atoms with van der Waals surface area (Å²) in [7, 11) is 1.57. The van der Waals surface area contributed by atoms with Gasteiger partial charge in [0.15, 0.2) is 5.82 Å². The standard InChI is InChI=1S/C10H10F3N7OS/c1-19(9-15-8(18-22-9)10(11,12)13)4-5-16-17-6-7(21)14-2-3-20(5)6/h2-4H2,1H3,(H,14,21). The van der Waals surface area contributed by atoms with E-state index in [0.717, 1.165) is 0 Å². The van der Waals surface area contributed by atoms with Crippen molar-refractivity contribution in [2.45, 2.75) is 19.3 Å². The lowest BCUT2D eigenvalue weighted by atomic mass is 10.4. The Morgan fingerprint density at radius 2 is 2.18 bits per heavy atom. The van der Waals surface area contributed by atoms with Crippen LogP contribution in [0.5, 0.6) is 0 Å². The molecule has 1 N–H and O–H groups in total. The molecule has 0 radical (unpaired) electrons. The predicted molar refractivity (Wildman–Crippen MR) is 69.4 cm³/mol. The minimum Gasteiger partial charge on any atom is -0.348 e. The molecule has 0 spiro atoms. The maximum absolute atomic E-state index is 12.5. The Hall–Kier alpha value is -2.24. The van der Waals surface area contributed by atoms with Crippen LogP contribution in [-0.2, 0) is 19.3 Å². The second-order valence-corrected chi connectivity index (χ2v) is 5.33. The van der Waals surface area contributed by atoms with Gasteiger partial charge in [0, 0.05) is 31.7 Å². The summed E-state index contributed by atoms with van der Waals surface area (Å²) in [5, 5.41) is 10.5. The van der Waals surface area contributed by atoms with Gasteiger partial charge in [0.05, 0.1) is 6.54 Å². The molecule has 1 amide bonds. The second-order valence-electron chi connectivity index (χ2n) is 4.60. The molecule has 3 heterocycles. The lowest BCUT2D eigenvalue weighted by Crippen LogP contribution is -2.36. The Bertz CT molecular complexity index is 710. The Labute approximate surface area is 126 Å². The molecule has 0 unspecified atom stereocenters. The molecule has 1 aliphatic rings. The summed E-state index contributed by atoms with van der Waals surface area (Å²) in [6.45, 7) is 1.14. The lowest BCUT2D eigenvalue weighted by Gasteiger charge is -2.18. The van der Waals surface area contributed by atoms with Gasteiger partial charge in [-0.25, -0.2) is 0 Å². The maximum Gasteiger partial charge on any atom is 0.452 e. The van der Waals surface area contributed by atoms with E-state index < -0.39 is 12.0 Å². The van der Waals surface area contributed by atoms with Crippen LogP contribution >= 0.6 is 11.5 Å². The van der Waals surface area contributed by atoms with Crippen molar-refractivity contribution in [3.8, 4) is 0 Å². The summed E-state index contributed by atoms with van der Waals surface area (Å²) in [5.74, 6) is -0.802. The first-order chi connectivity index (χ1) is 10.4. The number of hydrogen-bond acceptors (Lipinski definition) is 7. The predicted octanol–water partition coefficient (Wildman–Crippen LogP) is 0.528. The SMILES string of the molecule is CN(Cc1nnc2n1CCNC2=O)c1nc(C(F)(F)F)ns1. The van der Waals surface area contributed by atoms with E-state index in [1.54, 1.807) is 11.6 Å². The third kappa shape index (κ3) is 2.61. The molecular formula is C10H10F3N7OS. The number of amides is 1. The monoisotopic (exact) mass is 333 g/mol. The number of anilines is 1. The van der Waals surface area contributed by atoms with Gasteiger partial charge in [-0.2, -0.15) is 22.5 Å². The summed E-state index contributed by atoms with van der Waals surface area (Å²) < 4.78 is 42.4. The van der Waals surface area contributed by atoms with E-state index in [2.05, 4.69) is 24.9 Å². The van der Waals surface area contributed by atoms with Crippen LogP contribution in [0.25, 0.3) is 0 Å². The largest absolute Gasteiger partial charge is 0.452 e. The molecule has 3 rings (SSSR count). The third-order valence-electron chi connectivity index (χ3n) is 3.03. The highest BCUT2D eigenvalue weighted by atomic mass is 32.1. The van der Waals surface area contributed by atoms with Gasteiger partial charge in [0.1, 0.15) is 0 Å². The van der Waals surface area contributed by atoms with E-state index >= 15 is 0 Å². The van der Waals surface area contributed by atoms with Gasteiger partial charge in [-0.1, -0.05) is 0 Å². The summed E-state index contributed by atoms with van der Waals surface area (Å²) in [6.07, 6.45) is -4.57. The number of fused-ring (bicyclic) bond motifs is 1. The van der Waals surface area contributed by atoms with Crippen molar-refractivity contribution in [1.82, 2.24) is 29.4 Å². The van der Waals surface area contributed by atoms with Crippen molar-refractivity contribution < 1.29 is 18.0 Å². The van der Waals surface area contributed by atoms with Crippen molar-refractivity contribution in [2.75, 3.05) is 18.5 Å². The highest BCUT2D eigenvalue weighted by Crippen LogP contribution is 2.30. The highest BCUT2D eigenvalue weighted by molar-refractivity contribution is 7.09. The van der Waals surface area contributed by atoms with Gasteiger partial charge in [-0.15, -0.1) is 10.2 Å². The molecule has 8 nitrogen and oxygen atoms in total. The van der Waals surface area contributed by atoms with E-state index in [-0.39, 0.29) is 23.4 Å². The van der Waals surface area contributed by atoms with Crippen LogP contribution in [0, 0.1) is 0 Å². The fraction of sp³-hybridized carbons (Fsp3) is 0.500. The van der Waals surface area contributed by atoms with Gasteiger partial charge in [-0.05, 0) is 0 Å². The first kappa shape index (κ1) is 14.7. The van der Waals surface area contributed by atoms with Crippen LogP contribution in [0.15, 0.2) is 0 Å². The first-order valence-electron chi connectivity index (χ1n) is 6.18. The number of nitrogens with zero attached hydrogens (tertiary/aromatic N) is 6. The van der Waals surface area contributed by atoms with Crippen LogP contribution < -0.4 is 10.2 Å². The fourth-order valence-electron chi connectivity index (χ4n) is 1.98. The second kappa shape index (κ2) is 5.19. The van der Waals surface area contributed by atoms with Crippen molar-refractivity contribution in [3.63, 3.8) is 0 Å². The molecule has 0 aliphatic carbocycles. The molecule has 0 aromatic carbocycles. The molecule has 0 saturated heterocycles. The van der Waals surface area contributed by atoms with Gasteiger partial charge in [0.2, 0.25) is 16.8 Å². The van der Waals surface area contributed by atoms with Crippen LogP contribution in [0.4, 0.5) is 18.3 Å². The minimum absolute atomic E-state index is 0.116. The maximum atomic E-state index is 12.5. The van der Waals surface area contributed by atoms with Gasteiger partial charge in [-0.3, -0.25) is 4.79 Å². The average molecular weight is 333 g/mol. The Balaban J connectivity index is 1.79. The molecule has 22 heavy (non-hydrogen) atoms. The number of nitrogens with one attached hydrogen (secondary N) is 1. The van der Waals surface area contributed by atoms with E-state index in [1.165, 1.54) is 4.90 Å². The van der Waals surface area contributed by atoms with E-state index in [9.17, 15) is 18.0 Å². The fourth-order valence-corrected chi connectivity index (χ4v) is 2.62. The molecule has 2 aromatic heterocycles. The molecular weight excluding hydrogens is 323 g/mol. The Morgan fingerprint density at radius 1 is 1.41 bits per heavy atom. The average Bonchev–Trinajstić information content (AvgIpc) is 3.06. The summed E-state index contributed by atoms with van der Waals surface area (Å²) in [5.41, 5.74) is 0. The molecule has 12 heteroatoms. The number of hydrogen-bond donors (Lipinski definition) is 1. The zero-order chi connectivity index (χ0) is 15.9. The number of aromatic nitrogens is 5. The summed E-state index contributed by atoms with van der Waals surface area (Å²) in [6, 6.07) is 0. The molecule has 0 atom stereocenters. The number of alkyl halides is 3. The van der Waals surface area contributed by atoms with Crippen molar-refractivity contribution in [3.05, 3.63) is 17.5 Å². The number of carbonyl (C=O) groups excluding carboxylic acids is 1. The first-order valence-corrected chi connectivity index (χ1v) is 6.96. The van der Waals surface area contributed by atoms with E-state index in [1.807, 2.05) is 0 Å². The highest BCUT2D eigenvalue weighted by Gasteiger charge is 2.36. The Kier molecular flexibility index (Phi) is 3.47. The van der Waals surface area contributed by atoms with Crippen LogP contribution in [0.2, 0.25) is 0 Å². The quantitative estimate of drug-likeness (QED) is 0.881. The van der Waals surface area contributed by atoms with Crippen molar-refractivity contribution >= 4 is 22.6 Å². The smallest absolute Gasteiger partial charge is 0.348 e. The van der Waals surface area contributed by atoms with Crippen LogP contribution in [-0.4, -0.2) is 43.6 Å². The van der Waals surface area contributed by atoms with Gasteiger partial charge in [0.25, 0.3) is 5.91 Å². The Morgan fingerprint density at radius 3 is 2.86 bits per heavy atom. The molecule has 0 bridgehead atoms. The molecule has 1 aliphatic heterocycles. The number of carbonyl (C=O) groups is 1. The number of halogens is 3. The molecule has 2 aromatic rings. The summed E-state index contributed by atoms with van der Waals surface area (Å²) in [4.78, 5) is 16.5. The third-order valence-corrected chi connectivity index (χ3v) is 3.86. The van der Waals surface area contributed by atoms with Gasteiger partial charge >= 0.3 is 6.18 Å². The molecule has 118 valence electrons. The normalized spacial score (nSPS) is 14.6. The van der Waals surface area contributed by atoms with E-state index in [4.69, 9.17) is 0 Å². The van der Waals surface area contributed by atoms with Crippen LogP contribution in [0.1, 0.15) is 22.3 Å². The van der Waals surface area contributed by atoms with E-state index in [0.29, 0.717) is 30.4 Å². The van der Waals surface area contributed by atoms with Crippen LogP contribution in [0.3, 0.4) is 0 Å². The van der Waals surface area contributed by atoms with Gasteiger partial charge < -0.3 is 14.8 Å². The molecule has 0 saturated carbocycles. The van der Waals surface area contributed by atoms with Crippen molar-refractivity contribution in [2.24, 2.45) is 0 Å². The number of rotatable bonds is 3. The topological polar surface area (TPSA) is 88.8 Å².